The quantitative estimate of drug-likeness (QED) is 0.765. The number of hydrogen-bond donors (Lipinski definition) is 0. The minimum Gasteiger partial charge on any atom is -0.496 e. The predicted molar refractivity (Wildman–Crippen MR) is 92.5 cm³/mol. The smallest absolute Gasteiger partial charge is 0.264 e. The van der Waals surface area contributed by atoms with Crippen molar-refractivity contribution in [2.75, 3.05) is 18.5 Å². The Hall–Kier alpha value is -1.24. The molecular weight excluding hydrogens is 390 g/mol. The fourth-order valence-electron chi connectivity index (χ4n) is 1.88. The number of rotatable bonds is 4. The molecule has 0 saturated heterocycles. The van der Waals surface area contributed by atoms with E-state index in [1.165, 1.54) is 30.6 Å². The maximum Gasteiger partial charge on any atom is 0.264 e. The van der Waals surface area contributed by atoms with Gasteiger partial charge in [-0.3, -0.25) is 4.31 Å². The molecule has 0 fully saturated rings. The Labute approximate surface area is 143 Å². The molecule has 0 aliphatic rings. The summed E-state index contributed by atoms with van der Waals surface area (Å²) < 4.78 is 32.3. The number of anilines is 1. The molecule has 2 aromatic carbocycles. The van der Waals surface area contributed by atoms with Gasteiger partial charge in [0.2, 0.25) is 0 Å². The summed E-state index contributed by atoms with van der Waals surface area (Å²) in [6.45, 7) is 1.86. The predicted octanol–water partition coefficient (Wildman–Crippen LogP) is 4.24. The number of benzene rings is 2. The lowest BCUT2D eigenvalue weighted by atomic mass is 10.2. The van der Waals surface area contributed by atoms with Crippen molar-refractivity contribution >= 4 is 43.2 Å². The molecule has 0 aliphatic carbocycles. The number of halogens is 2. The molecule has 4 nitrogen and oxygen atoms in total. The molecule has 2 aromatic rings. The lowest BCUT2D eigenvalue weighted by molar-refractivity contribution is 0.411. The molecule has 0 N–H and O–H groups in total. The van der Waals surface area contributed by atoms with E-state index in [2.05, 4.69) is 15.9 Å². The van der Waals surface area contributed by atoms with E-state index in [4.69, 9.17) is 16.3 Å². The second kappa shape index (κ2) is 6.48. The van der Waals surface area contributed by atoms with Crippen LogP contribution < -0.4 is 9.04 Å². The highest BCUT2D eigenvalue weighted by Gasteiger charge is 2.22. The van der Waals surface area contributed by atoms with Crippen LogP contribution in [0.4, 0.5) is 5.69 Å². The molecule has 0 atom stereocenters. The van der Waals surface area contributed by atoms with Gasteiger partial charge in [-0.25, -0.2) is 8.42 Å². The number of ether oxygens (including phenoxy) is 1. The summed E-state index contributed by atoms with van der Waals surface area (Å²) in [5, 5.41) is 0.524. The van der Waals surface area contributed by atoms with E-state index in [0.29, 0.717) is 20.9 Å². The highest BCUT2D eigenvalue weighted by molar-refractivity contribution is 9.10. The standard InChI is InChI=1S/C15H15BrClNO3S/c1-10-4-5-11(8-14(10)17)18(2)22(19,20)12-6-7-15(21-3)13(16)9-12/h4-9H,1-3H3. The van der Waals surface area contributed by atoms with E-state index in [0.717, 1.165) is 5.56 Å². The van der Waals surface area contributed by atoms with Crippen LogP contribution in [0.5, 0.6) is 5.75 Å². The third-order valence-corrected chi connectivity index (χ3v) is 6.11. The van der Waals surface area contributed by atoms with Gasteiger partial charge in [0.15, 0.2) is 0 Å². The minimum atomic E-state index is -3.68. The summed E-state index contributed by atoms with van der Waals surface area (Å²) in [5.74, 6) is 0.569. The van der Waals surface area contributed by atoms with Crippen molar-refractivity contribution in [3.05, 3.63) is 51.5 Å². The summed E-state index contributed by atoms with van der Waals surface area (Å²) in [7, 11) is -0.663. The van der Waals surface area contributed by atoms with Gasteiger partial charge in [0.1, 0.15) is 5.75 Å². The third-order valence-electron chi connectivity index (χ3n) is 3.30. The fourth-order valence-corrected chi connectivity index (χ4v) is 3.96. The summed E-state index contributed by atoms with van der Waals surface area (Å²) >= 11 is 9.37. The molecule has 0 saturated carbocycles. The number of nitrogens with zero attached hydrogens (tertiary/aromatic N) is 1. The van der Waals surface area contributed by atoms with Gasteiger partial charge in [-0.2, -0.15) is 0 Å². The number of methoxy groups -OCH3 is 1. The monoisotopic (exact) mass is 403 g/mol. The molecule has 0 radical (unpaired) electrons. The van der Waals surface area contributed by atoms with Crippen LogP contribution in [0.2, 0.25) is 5.02 Å². The van der Waals surface area contributed by atoms with Gasteiger partial charge in [-0.15, -0.1) is 0 Å². The van der Waals surface area contributed by atoms with E-state index in [1.807, 2.05) is 6.92 Å². The van der Waals surface area contributed by atoms with Gasteiger partial charge >= 0.3 is 0 Å². The van der Waals surface area contributed by atoms with Gasteiger partial charge in [-0.05, 0) is 58.7 Å². The van der Waals surface area contributed by atoms with Crippen LogP contribution in [0, 0.1) is 6.92 Å². The third kappa shape index (κ3) is 3.24. The van der Waals surface area contributed by atoms with Crippen molar-refractivity contribution in [1.82, 2.24) is 0 Å². The van der Waals surface area contributed by atoms with E-state index in [-0.39, 0.29) is 4.90 Å². The Bertz CT molecular complexity index is 808. The normalized spacial score (nSPS) is 11.3. The van der Waals surface area contributed by atoms with Crippen LogP contribution in [-0.2, 0) is 10.0 Å². The highest BCUT2D eigenvalue weighted by atomic mass is 79.9. The van der Waals surface area contributed by atoms with Crippen LogP contribution in [0.1, 0.15) is 5.56 Å². The maximum atomic E-state index is 12.7. The largest absolute Gasteiger partial charge is 0.496 e. The molecule has 0 unspecified atom stereocenters. The molecular formula is C15H15BrClNO3S. The second-order valence-corrected chi connectivity index (χ2v) is 7.93. The molecule has 0 aromatic heterocycles. The molecule has 0 spiro atoms. The molecule has 7 heteroatoms. The minimum absolute atomic E-state index is 0.166. The molecule has 0 amide bonds. The SMILES string of the molecule is COc1ccc(S(=O)(=O)N(C)c2ccc(C)c(Cl)c2)cc1Br. The van der Waals surface area contributed by atoms with Gasteiger partial charge in [0.05, 0.1) is 22.2 Å². The van der Waals surface area contributed by atoms with Crippen LogP contribution in [0.15, 0.2) is 45.8 Å². The molecule has 22 heavy (non-hydrogen) atoms. The average Bonchev–Trinajstić information content (AvgIpc) is 2.49. The molecule has 118 valence electrons. The Morgan fingerprint density at radius 2 is 1.86 bits per heavy atom. The summed E-state index contributed by atoms with van der Waals surface area (Å²) in [6, 6.07) is 9.76. The van der Waals surface area contributed by atoms with Gasteiger partial charge < -0.3 is 4.74 Å². The van der Waals surface area contributed by atoms with Crippen LogP contribution >= 0.6 is 27.5 Å². The van der Waals surface area contributed by atoms with Gasteiger partial charge in [0.25, 0.3) is 10.0 Å². The van der Waals surface area contributed by atoms with Crippen molar-refractivity contribution in [3.8, 4) is 5.75 Å². The van der Waals surface area contributed by atoms with Crippen molar-refractivity contribution in [2.45, 2.75) is 11.8 Å². The van der Waals surface area contributed by atoms with E-state index < -0.39 is 10.0 Å². The van der Waals surface area contributed by atoms with Crippen molar-refractivity contribution in [2.24, 2.45) is 0 Å². The first-order valence-corrected chi connectivity index (χ1v) is 8.97. The first-order chi connectivity index (χ1) is 10.3. The van der Waals surface area contributed by atoms with Crippen molar-refractivity contribution < 1.29 is 13.2 Å². The Morgan fingerprint density at radius 1 is 1.18 bits per heavy atom. The molecule has 0 bridgehead atoms. The van der Waals surface area contributed by atoms with Crippen LogP contribution in [-0.4, -0.2) is 22.6 Å². The molecule has 2 rings (SSSR count). The van der Waals surface area contributed by atoms with E-state index in [1.54, 1.807) is 24.3 Å². The number of hydrogen-bond acceptors (Lipinski definition) is 3. The van der Waals surface area contributed by atoms with Gasteiger partial charge in [0, 0.05) is 12.1 Å². The lowest BCUT2D eigenvalue weighted by Gasteiger charge is -2.20. The zero-order chi connectivity index (χ0) is 16.5. The number of aryl methyl sites for hydroxylation is 1. The summed E-state index contributed by atoms with van der Waals surface area (Å²) in [6.07, 6.45) is 0. The highest BCUT2D eigenvalue weighted by Crippen LogP contribution is 2.31. The van der Waals surface area contributed by atoms with Gasteiger partial charge in [-0.1, -0.05) is 17.7 Å². The zero-order valence-corrected chi connectivity index (χ0v) is 15.5. The summed E-state index contributed by atoms with van der Waals surface area (Å²) in [5.41, 5.74) is 1.39. The van der Waals surface area contributed by atoms with Crippen molar-refractivity contribution in [1.29, 1.82) is 0 Å². The van der Waals surface area contributed by atoms with Crippen molar-refractivity contribution in [3.63, 3.8) is 0 Å². The molecule has 0 aliphatic heterocycles. The lowest BCUT2D eigenvalue weighted by Crippen LogP contribution is -2.26. The Balaban J connectivity index is 2.44. The summed E-state index contributed by atoms with van der Waals surface area (Å²) in [4.78, 5) is 0.166. The number of sulfonamides is 1. The average molecular weight is 405 g/mol. The van der Waals surface area contributed by atoms with Crippen LogP contribution in [0.25, 0.3) is 0 Å². The first kappa shape index (κ1) is 17.1. The Kier molecular flexibility index (Phi) is 5.04. The second-order valence-electron chi connectivity index (χ2n) is 4.70. The zero-order valence-electron chi connectivity index (χ0n) is 12.3. The first-order valence-electron chi connectivity index (χ1n) is 6.36. The topological polar surface area (TPSA) is 46.6 Å². The fraction of sp³-hybridized carbons (Fsp3) is 0.200. The maximum absolute atomic E-state index is 12.7. The van der Waals surface area contributed by atoms with E-state index >= 15 is 0 Å². The molecule has 0 heterocycles. The Morgan fingerprint density at radius 3 is 2.41 bits per heavy atom. The van der Waals surface area contributed by atoms with E-state index in [9.17, 15) is 8.42 Å². The van der Waals surface area contributed by atoms with Crippen LogP contribution in [0.3, 0.4) is 0 Å².